The van der Waals surface area contributed by atoms with E-state index in [4.69, 9.17) is 16.1 Å². The summed E-state index contributed by atoms with van der Waals surface area (Å²) in [6, 6.07) is 0. The van der Waals surface area contributed by atoms with Crippen molar-refractivity contribution in [3.63, 3.8) is 0 Å². The molecular formula is C8H13ClN2O. The van der Waals surface area contributed by atoms with Crippen LogP contribution < -0.4 is 0 Å². The second-order valence-electron chi connectivity index (χ2n) is 3.82. The van der Waals surface area contributed by atoms with Crippen LogP contribution in [-0.2, 0) is 5.41 Å². The molecule has 0 saturated carbocycles. The maximum Gasteiger partial charge on any atom is 0.232 e. The first kappa shape index (κ1) is 9.52. The molecule has 1 rings (SSSR count). The second-order valence-corrected chi connectivity index (χ2v) is 4.48. The van der Waals surface area contributed by atoms with Crippen LogP contribution in [0.5, 0.6) is 0 Å². The van der Waals surface area contributed by atoms with Gasteiger partial charge in [-0.15, -0.1) is 11.6 Å². The lowest BCUT2D eigenvalue weighted by atomic mass is 9.97. The molecule has 0 saturated heterocycles. The van der Waals surface area contributed by atoms with Crippen LogP contribution in [0.3, 0.4) is 0 Å². The van der Waals surface area contributed by atoms with E-state index < -0.39 is 0 Å². The minimum atomic E-state index is -0.190. The van der Waals surface area contributed by atoms with Crippen LogP contribution in [0.25, 0.3) is 0 Å². The van der Waals surface area contributed by atoms with Gasteiger partial charge in [0.25, 0.3) is 0 Å². The van der Waals surface area contributed by atoms with E-state index in [1.807, 2.05) is 27.7 Å². The van der Waals surface area contributed by atoms with Crippen molar-refractivity contribution in [2.24, 2.45) is 0 Å². The van der Waals surface area contributed by atoms with Crippen LogP contribution >= 0.6 is 11.6 Å². The standard InChI is InChI=1S/C8H13ClN2O/c1-5(9)6-10-7(12-11-6)8(2,3)4/h5H,1-4H3. The van der Waals surface area contributed by atoms with E-state index in [1.54, 1.807) is 0 Å². The van der Waals surface area contributed by atoms with Crippen LogP contribution in [-0.4, -0.2) is 10.1 Å². The number of rotatable bonds is 1. The molecular weight excluding hydrogens is 176 g/mol. The van der Waals surface area contributed by atoms with E-state index in [9.17, 15) is 0 Å². The summed E-state index contributed by atoms with van der Waals surface area (Å²) in [6.07, 6.45) is 0. The van der Waals surface area contributed by atoms with Crippen LogP contribution in [0, 0.1) is 0 Å². The molecule has 0 aliphatic rings. The Hall–Kier alpha value is -0.570. The quantitative estimate of drug-likeness (QED) is 0.636. The van der Waals surface area contributed by atoms with Gasteiger partial charge in [0.05, 0.1) is 5.38 Å². The van der Waals surface area contributed by atoms with Crippen LogP contribution in [0.4, 0.5) is 0 Å². The fourth-order valence-corrected chi connectivity index (χ4v) is 0.790. The fraction of sp³-hybridized carbons (Fsp3) is 0.750. The largest absolute Gasteiger partial charge is 0.339 e. The minimum Gasteiger partial charge on any atom is -0.339 e. The van der Waals surface area contributed by atoms with Crippen molar-refractivity contribution in [2.45, 2.75) is 38.5 Å². The molecule has 68 valence electrons. The summed E-state index contributed by atoms with van der Waals surface area (Å²) in [7, 11) is 0. The van der Waals surface area contributed by atoms with Crippen LogP contribution in [0.2, 0.25) is 0 Å². The molecule has 0 N–H and O–H groups in total. The predicted molar refractivity (Wildman–Crippen MR) is 47.3 cm³/mol. The molecule has 3 nitrogen and oxygen atoms in total. The number of hydrogen-bond donors (Lipinski definition) is 0. The Morgan fingerprint density at radius 3 is 2.25 bits per heavy atom. The highest BCUT2D eigenvalue weighted by atomic mass is 35.5. The summed E-state index contributed by atoms with van der Waals surface area (Å²) >= 11 is 5.78. The highest BCUT2D eigenvalue weighted by molar-refractivity contribution is 6.20. The molecule has 0 amide bonds. The monoisotopic (exact) mass is 188 g/mol. The van der Waals surface area contributed by atoms with Crippen LogP contribution in [0.1, 0.15) is 44.8 Å². The normalized spacial score (nSPS) is 14.8. The van der Waals surface area contributed by atoms with Gasteiger partial charge >= 0.3 is 0 Å². The number of alkyl halides is 1. The number of hydrogen-bond acceptors (Lipinski definition) is 3. The van der Waals surface area contributed by atoms with Crippen molar-refractivity contribution >= 4 is 11.6 Å². The smallest absolute Gasteiger partial charge is 0.232 e. The third-order valence-electron chi connectivity index (χ3n) is 1.44. The Bertz CT molecular complexity index is 262. The average molecular weight is 189 g/mol. The first-order valence-corrected chi connectivity index (χ1v) is 4.33. The van der Waals surface area contributed by atoms with Gasteiger partial charge in [0.15, 0.2) is 5.82 Å². The van der Waals surface area contributed by atoms with Crippen molar-refractivity contribution in [3.05, 3.63) is 11.7 Å². The molecule has 0 bridgehead atoms. The van der Waals surface area contributed by atoms with Gasteiger partial charge < -0.3 is 4.52 Å². The predicted octanol–water partition coefficient (Wildman–Crippen LogP) is 2.67. The molecule has 0 fully saturated rings. The summed E-state index contributed by atoms with van der Waals surface area (Å²) < 4.78 is 5.04. The minimum absolute atomic E-state index is 0.100. The molecule has 1 heterocycles. The molecule has 1 aromatic heterocycles. The highest BCUT2D eigenvalue weighted by Crippen LogP contribution is 2.23. The Morgan fingerprint density at radius 1 is 1.42 bits per heavy atom. The highest BCUT2D eigenvalue weighted by Gasteiger charge is 2.22. The zero-order valence-electron chi connectivity index (χ0n) is 7.76. The third kappa shape index (κ3) is 1.97. The molecule has 4 heteroatoms. The Morgan fingerprint density at radius 2 is 2.00 bits per heavy atom. The van der Waals surface area contributed by atoms with Crippen molar-refractivity contribution in [3.8, 4) is 0 Å². The van der Waals surface area contributed by atoms with Crippen molar-refractivity contribution in [2.75, 3.05) is 0 Å². The van der Waals surface area contributed by atoms with Gasteiger partial charge in [0, 0.05) is 5.41 Å². The molecule has 0 radical (unpaired) electrons. The molecule has 0 aliphatic carbocycles. The number of halogens is 1. The maximum atomic E-state index is 5.78. The molecule has 0 spiro atoms. The summed E-state index contributed by atoms with van der Waals surface area (Å²) in [4.78, 5) is 4.17. The average Bonchev–Trinajstić information content (AvgIpc) is 2.30. The van der Waals surface area contributed by atoms with Gasteiger partial charge in [-0.1, -0.05) is 25.9 Å². The van der Waals surface area contributed by atoms with Crippen molar-refractivity contribution < 1.29 is 4.52 Å². The SMILES string of the molecule is CC(Cl)c1noc(C(C)(C)C)n1. The second kappa shape index (κ2) is 3.05. The summed E-state index contributed by atoms with van der Waals surface area (Å²) in [6.45, 7) is 7.87. The Kier molecular flexibility index (Phi) is 2.42. The summed E-state index contributed by atoms with van der Waals surface area (Å²) in [5, 5.41) is 3.57. The summed E-state index contributed by atoms with van der Waals surface area (Å²) in [5.74, 6) is 1.19. The van der Waals surface area contributed by atoms with Gasteiger partial charge in [-0.25, -0.2) is 0 Å². The van der Waals surface area contributed by atoms with Crippen molar-refractivity contribution in [1.29, 1.82) is 0 Å². The van der Waals surface area contributed by atoms with Gasteiger partial charge in [0.2, 0.25) is 5.89 Å². The molecule has 1 atom stereocenters. The molecule has 12 heavy (non-hydrogen) atoms. The molecule has 0 aromatic carbocycles. The number of aromatic nitrogens is 2. The van der Waals surface area contributed by atoms with Gasteiger partial charge in [-0.2, -0.15) is 4.98 Å². The number of nitrogens with zero attached hydrogens (tertiary/aromatic N) is 2. The Labute approximate surface area is 77.1 Å². The van der Waals surface area contributed by atoms with Crippen molar-refractivity contribution in [1.82, 2.24) is 10.1 Å². The first-order valence-electron chi connectivity index (χ1n) is 3.89. The zero-order chi connectivity index (χ0) is 9.35. The van der Waals surface area contributed by atoms with E-state index in [-0.39, 0.29) is 10.8 Å². The fourth-order valence-electron chi connectivity index (χ4n) is 0.701. The summed E-state index contributed by atoms with van der Waals surface area (Å²) in [5.41, 5.74) is -0.100. The van der Waals surface area contributed by atoms with Gasteiger partial charge in [-0.05, 0) is 6.92 Å². The molecule has 1 aromatic rings. The van der Waals surface area contributed by atoms with E-state index in [0.717, 1.165) is 0 Å². The van der Waals surface area contributed by atoms with Gasteiger partial charge in [0.1, 0.15) is 0 Å². The maximum absolute atomic E-state index is 5.78. The van der Waals surface area contributed by atoms with E-state index in [1.165, 1.54) is 0 Å². The zero-order valence-corrected chi connectivity index (χ0v) is 8.51. The Balaban J connectivity index is 2.92. The first-order chi connectivity index (χ1) is 5.41. The van der Waals surface area contributed by atoms with Crippen LogP contribution in [0.15, 0.2) is 4.52 Å². The van der Waals surface area contributed by atoms with E-state index >= 15 is 0 Å². The van der Waals surface area contributed by atoms with E-state index in [0.29, 0.717) is 11.7 Å². The lowest BCUT2D eigenvalue weighted by molar-refractivity contribution is 0.318. The lowest BCUT2D eigenvalue weighted by Gasteiger charge is -2.10. The molecule has 0 aliphatic heterocycles. The van der Waals surface area contributed by atoms with Gasteiger partial charge in [-0.3, -0.25) is 0 Å². The molecule has 1 unspecified atom stereocenters. The topological polar surface area (TPSA) is 38.9 Å². The lowest BCUT2D eigenvalue weighted by Crippen LogP contribution is -2.11. The van der Waals surface area contributed by atoms with E-state index in [2.05, 4.69) is 10.1 Å². The third-order valence-corrected chi connectivity index (χ3v) is 1.63.